The third-order valence-electron chi connectivity index (χ3n) is 4.68. The SMILES string of the molecule is Cc1c(C[C@@]2(N)CCOC2)sc2c(NCc3ccncc3)cnnc12. The van der Waals surface area contributed by atoms with E-state index >= 15 is 0 Å². The fourth-order valence-electron chi connectivity index (χ4n) is 3.13. The first-order valence-corrected chi connectivity index (χ1v) is 9.19. The van der Waals surface area contributed by atoms with Crippen molar-refractivity contribution in [2.45, 2.75) is 31.8 Å². The summed E-state index contributed by atoms with van der Waals surface area (Å²) in [6.45, 7) is 4.21. The van der Waals surface area contributed by atoms with E-state index in [1.165, 1.54) is 16.0 Å². The van der Waals surface area contributed by atoms with Crippen molar-refractivity contribution < 1.29 is 4.74 Å². The van der Waals surface area contributed by atoms with Crippen LogP contribution in [0.25, 0.3) is 10.2 Å². The maximum Gasteiger partial charge on any atom is 0.109 e. The van der Waals surface area contributed by atoms with Crippen LogP contribution >= 0.6 is 11.3 Å². The Morgan fingerprint density at radius 3 is 2.96 bits per heavy atom. The van der Waals surface area contributed by atoms with E-state index in [0.717, 1.165) is 41.9 Å². The standard InChI is InChI=1S/C18H21N5OS/c1-12-15(8-18(19)4-7-24-11-18)25-17-14(10-22-23-16(12)17)21-9-13-2-5-20-6-3-13/h2-3,5-6,10H,4,7-9,11,19H2,1H3,(H,21,23)/t18-/m0/s1. The summed E-state index contributed by atoms with van der Waals surface area (Å²) in [5.74, 6) is 0. The number of pyridine rings is 1. The van der Waals surface area contributed by atoms with Gasteiger partial charge in [0.2, 0.25) is 0 Å². The number of anilines is 1. The molecule has 0 unspecified atom stereocenters. The molecule has 1 aliphatic rings. The molecule has 0 aromatic carbocycles. The first-order chi connectivity index (χ1) is 12.1. The molecule has 4 heterocycles. The lowest BCUT2D eigenvalue weighted by Gasteiger charge is -2.20. The molecular formula is C18H21N5OS. The molecule has 3 aromatic rings. The maximum atomic E-state index is 6.48. The number of nitrogens with two attached hydrogens (primary N) is 1. The Bertz CT molecular complexity index is 874. The first kappa shape index (κ1) is 16.4. The summed E-state index contributed by atoms with van der Waals surface area (Å²) in [6, 6.07) is 4.00. The second-order valence-electron chi connectivity index (χ2n) is 6.64. The van der Waals surface area contributed by atoms with E-state index in [-0.39, 0.29) is 5.54 Å². The quantitative estimate of drug-likeness (QED) is 0.732. The minimum absolute atomic E-state index is 0.260. The number of hydrogen-bond acceptors (Lipinski definition) is 7. The van der Waals surface area contributed by atoms with Crippen LogP contribution in [0.15, 0.2) is 30.7 Å². The number of fused-ring (bicyclic) bond motifs is 1. The molecule has 0 spiro atoms. The van der Waals surface area contributed by atoms with Gasteiger partial charge in [-0.25, -0.2) is 0 Å². The third kappa shape index (κ3) is 3.35. The smallest absolute Gasteiger partial charge is 0.109 e. The van der Waals surface area contributed by atoms with Gasteiger partial charge in [-0.3, -0.25) is 4.98 Å². The number of ether oxygens (including phenoxy) is 1. The Morgan fingerprint density at radius 1 is 1.36 bits per heavy atom. The molecule has 25 heavy (non-hydrogen) atoms. The van der Waals surface area contributed by atoms with Gasteiger partial charge in [-0.05, 0) is 36.6 Å². The zero-order valence-corrected chi connectivity index (χ0v) is 15.0. The van der Waals surface area contributed by atoms with Gasteiger partial charge in [-0.15, -0.1) is 16.4 Å². The summed E-state index contributed by atoms with van der Waals surface area (Å²) in [5.41, 5.74) is 10.5. The van der Waals surface area contributed by atoms with Crippen molar-refractivity contribution in [1.29, 1.82) is 0 Å². The Kier molecular flexibility index (Phi) is 4.37. The summed E-state index contributed by atoms with van der Waals surface area (Å²) in [4.78, 5) is 5.32. The Morgan fingerprint density at radius 2 is 2.20 bits per heavy atom. The molecular weight excluding hydrogens is 334 g/mol. The van der Waals surface area contributed by atoms with Gasteiger partial charge in [0, 0.05) is 42.4 Å². The predicted molar refractivity (Wildman–Crippen MR) is 99.8 cm³/mol. The van der Waals surface area contributed by atoms with Gasteiger partial charge in [0.25, 0.3) is 0 Å². The van der Waals surface area contributed by atoms with Gasteiger partial charge in [0.05, 0.1) is 23.2 Å². The van der Waals surface area contributed by atoms with Crippen molar-refractivity contribution in [3.8, 4) is 0 Å². The number of nitrogens with one attached hydrogen (secondary N) is 1. The topological polar surface area (TPSA) is 86.0 Å². The third-order valence-corrected chi connectivity index (χ3v) is 6.00. The van der Waals surface area contributed by atoms with Crippen LogP contribution < -0.4 is 11.1 Å². The number of aromatic nitrogens is 3. The highest BCUT2D eigenvalue weighted by molar-refractivity contribution is 7.19. The minimum Gasteiger partial charge on any atom is -0.379 e. The van der Waals surface area contributed by atoms with E-state index in [1.54, 1.807) is 29.9 Å². The van der Waals surface area contributed by atoms with Gasteiger partial charge in [-0.2, -0.15) is 5.10 Å². The lowest BCUT2D eigenvalue weighted by Crippen LogP contribution is -2.42. The second-order valence-corrected chi connectivity index (χ2v) is 7.74. The van der Waals surface area contributed by atoms with Crippen LogP contribution in [-0.4, -0.2) is 33.9 Å². The minimum atomic E-state index is -0.260. The van der Waals surface area contributed by atoms with E-state index in [2.05, 4.69) is 27.4 Å². The lowest BCUT2D eigenvalue weighted by atomic mass is 9.94. The van der Waals surface area contributed by atoms with E-state index in [9.17, 15) is 0 Å². The van der Waals surface area contributed by atoms with Crippen molar-refractivity contribution >= 4 is 27.2 Å². The number of thiophene rings is 1. The Hall–Kier alpha value is -2.09. The van der Waals surface area contributed by atoms with Crippen molar-refractivity contribution in [3.05, 3.63) is 46.7 Å². The van der Waals surface area contributed by atoms with Crippen molar-refractivity contribution in [2.75, 3.05) is 18.5 Å². The van der Waals surface area contributed by atoms with Crippen LogP contribution in [0.2, 0.25) is 0 Å². The van der Waals surface area contributed by atoms with Gasteiger partial charge in [0.15, 0.2) is 0 Å². The van der Waals surface area contributed by atoms with Crippen LogP contribution in [0.1, 0.15) is 22.4 Å². The monoisotopic (exact) mass is 355 g/mol. The van der Waals surface area contributed by atoms with Crippen LogP contribution in [0, 0.1) is 6.92 Å². The highest BCUT2D eigenvalue weighted by atomic mass is 32.1. The molecule has 0 radical (unpaired) electrons. The normalized spacial score (nSPS) is 20.2. The van der Waals surface area contributed by atoms with Crippen LogP contribution in [0.4, 0.5) is 5.69 Å². The molecule has 130 valence electrons. The molecule has 3 aromatic heterocycles. The fraction of sp³-hybridized carbons (Fsp3) is 0.389. The summed E-state index contributed by atoms with van der Waals surface area (Å²) in [7, 11) is 0. The van der Waals surface area contributed by atoms with Gasteiger partial charge in [0.1, 0.15) is 5.52 Å². The number of hydrogen-bond donors (Lipinski definition) is 2. The number of nitrogens with zero attached hydrogens (tertiary/aromatic N) is 3. The largest absolute Gasteiger partial charge is 0.379 e. The van der Waals surface area contributed by atoms with E-state index < -0.39 is 0 Å². The zero-order valence-electron chi connectivity index (χ0n) is 14.2. The molecule has 1 aliphatic heterocycles. The molecule has 1 saturated heterocycles. The van der Waals surface area contributed by atoms with E-state index in [4.69, 9.17) is 10.5 Å². The first-order valence-electron chi connectivity index (χ1n) is 8.38. The highest BCUT2D eigenvalue weighted by Crippen LogP contribution is 2.36. The van der Waals surface area contributed by atoms with Crippen LogP contribution in [0.3, 0.4) is 0 Å². The molecule has 7 heteroatoms. The van der Waals surface area contributed by atoms with Crippen LogP contribution in [0.5, 0.6) is 0 Å². The molecule has 1 atom stereocenters. The van der Waals surface area contributed by atoms with E-state index in [0.29, 0.717) is 6.61 Å². The lowest BCUT2D eigenvalue weighted by molar-refractivity contribution is 0.178. The average molecular weight is 355 g/mol. The summed E-state index contributed by atoms with van der Waals surface area (Å²) < 4.78 is 6.63. The fourth-order valence-corrected chi connectivity index (χ4v) is 4.51. The molecule has 0 aliphatic carbocycles. The average Bonchev–Trinajstić information content (AvgIpc) is 3.19. The predicted octanol–water partition coefficient (Wildman–Crippen LogP) is 2.67. The molecule has 3 N–H and O–H groups in total. The van der Waals surface area contributed by atoms with Gasteiger partial charge in [-0.1, -0.05) is 0 Å². The van der Waals surface area contributed by atoms with Crippen molar-refractivity contribution in [2.24, 2.45) is 5.73 Å². The van der Waals surface area contributed by atoms with Crippen LogP contribution in [-0.2, 0) is 17.7 Å². The molecule has 1 fully saturated rings. The number of aryl methyl sites for hydroxylation is 1. The zero-order chi connectivity index (χ0) is 17.3. The Labute approximate surface area is 150 Å². The highest BCUT2D eigenvalue weighted by Gasteiger charge is 2.32. The molecule has 0 saturated carbocycles. The summed E-state index contributed by atoms with van der Waals surface area (Å²) in [6.07, 6.45) is 7.12. The van der Waals surface area contributed by atoms with E-state index in [1.807, 2.05) is 12.1 Å². The summed E-state index contributed by atoms with van der Waals surface area (Å²) >= 11 is 1.76. The second kappa shape index (κ2) is 6.67. The van der Waals surface area contributed by atoms with Crippen molar-refractivity contribution in [3.63, 3.8) is 0 Å². The maximum absolute atomic E-state index is 6.48. The van der Waals surface area contributed by atoms with Crippen molar-refractivity contribution in [1.82, 2.24) is 15.2 Å². The molecule has 6 nitrogen and oxygen atoms in total. The van der Waals surface area contributed by atoms with Gasteiger partial charge < -0.3 is 15.8 Å². The summed E-state index contributed by atoms with van der Waals surface area (Å²) in [5, 5.41) is 12.0. The van der Waals surface area contributed by atoms with Gasteiger partial charge >= 0.3 is 0 Å². The molecule has 0 bridgehead atoms. The Balaban J connectivity index is 1.61. The molecule has 4 rings (SSSR count). The number of rotatable bonds is 5. The molecule has 0 amide bonds.